The second kappa shape index (κ2) is 6.03. The monoisotopic (exact) mass is 324 g/mol. The van der Waals surface area contributed by atoms with Gasteiger partial charge in [0, 0.05) is 10.0 Å². The summed E-state index contributed by atoms with van der Waals surface area (Å²) in [6.45, 7) is 0. The van der Waals surface area contributed by atoms with Gasteiger partial charge in [-0.15, -0.1) is 0 Å². The van der Waals surface area contributed by atoms with E-state index in [0.29, 0.717) is 5.56 Å². The first-order chi connectivity index (χ1) is 8.66. The smallest absolute Gasteiger partial charge is 0.339 e. The van der Waals surface area contributed by atoms with Crippen molar-refractivity contribution < 1.29 is 9.53 Å². The first kappa shape index (κ1) is 13.1. The van der Waals surface area contributed by atoms with Crippen LogP contribution in [0, 0.1) is 0 Å². The van der Waals surface area contributed by atoms with Crippen LogP contribution in [-0.4, -0.2) is 5.97 Å². The third-order valence-electron chi connectivity index (χ3n) is 2.35. The summed E-state index contributed by atoms with van der Waals surface area (Å²) in [6.07, 6.45) is 0. The molecule has 0 spiro atoms. The van der Waals surface area contributed by atoms with E-state index >= 15 is 0 Å². The quantitative estimate of drug-likeness (QED) is 0.611. The Balaban J connectivity index is 2.06. The summed E-state index contributed by atoms with van der Waals surface area (Å²) in [7, 11) is 0. The van der Waals surface area contributed by atoms with Crippen LogP contribution in [0.15, 0.2) is 59.1 Å². The van der Waals surface area contributed by atoms with Crippen LogP contribution in [-0.2, 0) is 4.74 Å². The van der Waals surface area contributed by atoms with Crippen LogP contribution in [0.5, 0.6) is 0 Å². The fourth-order valence-electron chi connectivity index (χ4n) is 1.42. The van der Waals surface area contributed by atoms with E-state index in [-0.39, 0.29) is 0 Å². The van der Waals surface area contributed by atoms with Crippen molar-refractivity contribution in [1.29, 1.82) is 0 Å². The van der Waals surface area contributed by atoms with Gasteiger partial charge in [0.15, 0.2) is 0 Å². The minimum atomic E-state index is -0.786. The minimum Gasteiger partial charge on any atom is -0.438 e. The number of benzene rings is 2. The number of alkyl halides is 1. The van der Waals surface area contributed by atoms with E-state index in [9.17, 15) is 4.79 Å². The lowest BCUT2D eigenvalue weighted by Gasteiger charge is -2.11. The number of hydrogen-bond acceptors (Lipinski definition) is 2. The molecule has 0 fully saturated rings. The average molecular weight is 326 g/mol. The standard InChI is InChI=1S/C14H10BrClO2/c15-12-8-6-10(7-9-12)13(16)18-14(17)11-4-2-1-3-5-11/h1-9,13H. The van der Waals surface area contributed by atoms with Crippen molar-refractivity contribution in [3.05, 3.63) is 70.2 Å². The Bertz CT molecular complexity index is 525. The van der Waals surface area contributed by atoms with Crippen molar-refractivity contribution >= 4 is 33.5 Å². The summed E-state index contributed by atoms with van der Waals surface area (Å²) in [5, 5.41) is 0. The lowest BCUT2D eigenvalue weighted by molar-refractivity contribution is 0.0446. The van der Waals surface area contributed by atoms with Crippen molar-refractivity contribution in [2.24, 2.45) is 0 Å². The Morgan fingerprint density at radius 2 is 1.67 bits per heavy atom. The number of carbonyl (C=O) groups excluding carboxylic acids is 1. The topological polar surface area (TPSA) is 26.3 Å². The van der Waals surface area contributed by atoms with Gasteiger partial charge in [-0.25, -0.2) is 4.79 Å². The third-order valence-corrected chi connectivity index (χ3v) is 3.22. The van der Waals surface area contributed by atoms with Gasteiger partial charge in [-0.1, -0.05) is 57.9 Å². The number of ether oxygens (including phenoxy) is 1. The maximum atomic E-state index is 11.8. The zero-order valence-electron chi connectivity index (χ0n) is 9.35. The highest BCUT2D eigenvalue weighted by Gasteiger charge is 2.14. The zero-order valence-corrected chi connectivity index (χ0v) is 11.7. The molecule has 0 saturated heterocycles. The van der Waals surface area contributed by atoms with E-state index in [4.69, 9.17) is 16.3 Å². The van der Waals surface area contributed by atoms with Gasteiger partial charge in [0.25, 0.3) is 0 Å². The Morgan fingerprint density at radius 1 is 1.06 bits per heavy atom. The van der Waals surface area contributed by atoms with E-state index in [0.717, 1.165) is 10.0 Å². The molecular weight excluding hydrogens is 316 g/mol. The molecule has 0 amide bonds. The molecule has 2 nitrogen and oxygen atoms in total. The zero-order chi connectivity index (χ0) is 13.0. The largest absolute Gasteiger partial charge is 0.438 e. The fourth-order valence-corrected chi connectivity index (χ4v) is 1.91. The molecule has 92 valence electrons. The van der Waals surface area contributed by atoms with Crippen LogP contribution in [0.4, 0.5) is 0 Å². The Kier molecular flexibility index (Phi) is 4.39. The van der Waals surface area contributed by atoms with Crippen molar-refractivity contribution in [3.63, 3.8) is 0 Å². The lowest BCUT2D eigenvalue weighted by atomic mass is 10.2. The van der Waals surface area contributed by atoms with Gasteiger partial charge >= 0.3 is 5.97 Å². The number of carbonyl (C=O) groups is 1. The van der Waals surface area contributed by atoms with Crippen LogP contribution < -0.4 is 0 Å². The maximum Gasteiger partial charge on any atom is 0.339 e. The number of halogens is 2. The Labute approximate surface area is 119 Å². The molecule has 0 saturated carbocycles. The van der Waals surface area contributed by atoms with Crippen LogP contribution >= 0.6 is 27.5 Å². The molecule has 18 heavy (non-hydrogen) atoms. The van der Waals surface area contributed by atoms with Crippen molar-refractivity contribution in [2.45, 2.75) is 5.56 Å². The molecule has 0 aliphatic heterocycles. The molecule has 0 N–H and O–H groups in total. The maximum absolute atomic E-state index is 11.8. The predicted molar refractivity (Wildman–Crippen MR) is 74.6 cm³/mol. The van der Waals surface area contributed by atoms with Gasteiger partial charge in [0.05, 0.1) is 5.56 Å². The summed E-state index contributed by atoms with van der Waals surface area (Å²) in [5.74, 6) is -0.432. The Hall–Kier alpha value is -1.32. The van der Waals surface area contributed by atoms with Crippen LogP contribution in [0.25, 0.3) is 0 Å². The van der Waals surface area contributed by atoms with E-state index in [1.165, 1.54) is 0 Å². The minimum absolute atomic E-state index is 0.432. The highest BCUT2D eigenvalue weighted by atomic mass is 79.9. The molecule has 0 heterocycles. The summed E-state index contributed by atoms with van der Waals surface area (Å²) in [4.78, 5) is 11.8. The number of esters is 1. The van der Waals surface area contributed by atoms with Gasteiger partial charge in [-0.3, -0.25) is 0 Å². The van der Waals surface area contributed by atoms with E-state index in [1.807, 2.05) is 18.2 Å². The number of hydrogen-bond donors (Lipinski definition) is 0. The number of rotatable bonds is 3. The van der Waals surface area contributed by atoms with Crippen LogP contribution in [0.2, 0.25) is 0 Å². The van der Waals surface area contributed by atoms with Gasteiger partial charge in [-0.2, -0.15) is 0 Å². The normalized spacial score (nSPS) is 11.9. The molecule has 2 aromatic rings. The highest BCUT2D eigenvalue weighted by Crippen LogP contribution is 2.24. The van der Waals surface area contributed by atoms with Crippen LogP contribution in [0.1, 0.15) is 21.5 Å². The molecule has 0 aliphatic carbocycles. The lowest BCUT2D eigenvalue weighted by Crippen LogP contribution is -2.07. The molecular formula is C14H10BrClO2. The molecule has 0 bridgehead atoms. The summed E-state index contributed by atoms with van der Waals surface area (Å²) in [6, 6.07) is 16.1. The van der Waals surface area contributed by atoms with Gasteiger partial charge in [-0.05, 0) is 24.3 Å². The molecule has 4 heteroatoms. The Morgan fingerprint density at radius 3 is 2.28 bits per heavy atom. The fraction of sp³-hybridized carbons (Fsp3) is 0.0714. The van der Waals surface area contributed by atoms with Gasteiger partial charge in [0.1, 0.15) is 0 Å². The van der Waals surface area contributed by atoms with E-state index < -0.39 is 11.5 Å². The molecule has 0 aliphatic rings. The predicted octanol–water partition coefficient (Wildman–Crippen LogP) is 4.54. The first-order valence-corrected chi connectivity index (χ1v) is 6.55. The summed E-state index contributed by atoms with van der Waals surface area (Å²) in [5.41, 5.74) is 0.440. The summed E-state index contributed by atoms with van der Waals surface area (Å²) < 4.78 is 6.12. The second-order valence-corrected chi connectivity index (χ2v) is 4.95. The second-order valence-electron chi connectivity index (χ2n) is 3.64. The molecule has 1 unspecified atom stereocenters. The van der Waals surface area contributed by atoms with E-state index in [1.54, 1.807) is 36.4 Å². The molecule has 2 rings (SSSR count). The summed E-state index contributed by atoms with van der Waals surface area (Å²) >= 11 is 9.38. The van der Waals surface area contributed by atoms with Crippen molar-refractivity contribution in [1.82, 2.24) is 0 Å². The average Bonchev–Trinajstić information content (AvgIpc) is 2.40. The first-order valence-electron chi connectivity index (χ1n) is 5.32. The SMILES string of the molecule is O=C(OC(Cl)c1ccc(Br)cc1)c1ccccc1. The molecule has 1 atom stereocenters. The molecule has 0 aromatic heterocycles. The van der Waals surface area contributed by atoms with Gasteiger partial charge < -0.3 is 4.74 Å². The molecule has 2 aromatic carbocycles. The van der Waals surface area contributed by atoms with Crippen molar-refractivity contribution in [3.8, 4) is 0 Å². The van der Waals surface area contributed by atoms with Gasteiger partial charge in [0.2, 0.25) is 5.56 Å². The van der Waals surface area contributed by atoms with Crippen molar-refractivity contribution in [2.75, 3.05) is 0 Å². The molecule has 0 radical (unpaired) electrons. The highest BCUT2D eigenvalue weighted by molar-refractivity contribution is 9.10. The third kappa shape index (κ3) is 3.34. The van der Waals surface area contributed by atoms with E-state index in [2.05, 4.69) is 15.9 Å². The van der Waals surface area contributed by atoms with Crippen LogP contribution in [0.3, 0.4) is 0 Å².